The first-order valence-corrected chi connectivity index (χ1v) is 4.34. The summed E-state index contributed by atoms with van der Waals surface area (Å²) in [7, 11) is 0. The Morgan fingerprint density at radius 2 is 1.92 bits per heavy atom. The fourth-order valence-electron chi connectivity index (χ4n) is 0.811. The van der Waals surface area contributed by atoms with E-state index in [1.165, 1.54) is 0 Å². The van der Waals surface area contributed by atoms with Gasteiger partial charge in [0.05, 0.1) is 6.10 Å². The zero-order chi connectivity index (χ0) is 9.56. The van der Waals surface area contributed by atoms with Gasteiger partial charge in [-0.25, -0.2) is 0 Å². The van der Waals surface area contributed by atoms with Crippen molar-refractivity contribution in [3.8, 4) is 0 Å². The van der Waals surface area contributed by atoms with E-state index in [9.17, 15) is 4.79 Å². The molecule has 0 saturated carbocycles. The molecular formula is C9H18O3. The van der Waals surface area contributed by atoms with Gasteiger partial charge in [-0.05, 0) is 20.8 Å². The second-order valence-corrected chi connectivity index (χ2v) is 2.86. The van der Waals surface area contributed by atoms with Crippen molar-refractivity contribution in [2.24, 2.45) is 5.92 Å². The second-order valence-electron chi connectivity index (χ2n) is 2.86. The molecule has 3 atom stereocenters. The third-order valence-corrected chi connectivity index (χ3v) is 1.76. The Hall–Kier alpha value is -0.410. The normalized spacial score (nSPS) is 18.3. The predicted molar refractivity (Wildman–Crippen MR) is 46.9 cm³/mol. The van der Waals surface area contributed by atoms with Crippen molar-refractivity contribution in [2.45, 2.75) is 40.1 Å². The van der Waals surface area contributed by atoms with Crippen molar-refractivity contribution >= 4 is 6.29 Å². The van der Waals surface area contributed by atoms with Gasteiger partial charge in [0, 0.05) is 12.5 Å². The number of ether oxygens (including phenoxy) is 2. The molecule has 0 rings (SSSR count). The lowest BCUT2D eigenvalue weighted by Gasteiger charge is -2.20. The third-order valence-electron chi connectivity index (χ3n) is 1.76. The molecule has 0 radical (unpaired) electrons. The number of rotatable bonds is 6. The van der Waals surface area contributed by atoms with Crippen molar-refractivity contribution in [1.29, 1.82) is 0 Å². The maximum absolute atomic E-state index is 10.4. The number of hydrogen-bond donors (Lipinski definition) is 0. The molecule has 0 aliphatic rings. The molecule has 3 nitrogen and oxygen atoms in total. The molecule has 0 aliphatic carbocycles. The monoisotopic (exact) mass is 174 g/mol. The van der Waals surface area contributed by atoms with Crippen molar-refractivity contribution in [1.82, 2.24) is 0 Å². The van der Waals surface area contributed by atoms with Crippen molar-refractivity contribution < 1.29 is 14.3 Å². The van der Waals surface area contributed by atoms with Crippen LogP contribution in [0.4, 0.5) is 0 Å². The first-order valence-electron chi connectivity index (χ1n) is 4.34. The minimum Gasteiger partial charge on any atom is -0.353 e. The Labute approximate surface area is 74.0 Å². The molecule has 0 aromatic rings. The summed E-state index contributed by atoms with van der Waals surface area (Å²) in [6.07, 6.45) is 0.583. The van der Waals surface area contributed by atoms with Crippen LogP contribution < -0.4 is 0 Å². The summed E-state index contributed by atoms with van der Waals surface area (Å²) in [6, 6.07) is 0. The molecule has 0 amide bonds. The molecule has 0 spiro atoms. The van der Waals surface area contributed by atoms with E-state index in [2.05, 4.69) is 0 Å². The van der Waals surface area contributed by atoms with Crippen LogP contribution in [0, 0.1) is 5.92 Å². The maximum Gasteiger partial charge on any atom is 0.155 e. The molecule has 3 heteroatoms. The first-order chi connectivity index (χ1) is 5.61. The molecule has 0 fully saturated rings. The summed E-state index contributed by atoms with van der Waals surface area (Å²) in [5, 5.41) is 0. The van der Waals surface area contributed by atoms with Gasteiger partial charge in [0.1, 0.15) is 6.29 Å². The summed E-state index contributed by atoms with van der Waals surface area (Å²) in [6.45, 7) is 8.07. The van der Waals surface area contributed by atoms with Crippen LogP contribution in [0.2, 0.25) is 0 Å². The minimum absolute atomic E-state index is 0.0760. The lowest BCUT2D eigenvalue weighted by molar-refractivity contribution is -0.164. The Morgan fingerprint density at radius 1 is 1.33 bits per heavy atom. The highest BCUT2D eigenvalue weighted by Crippen LogP contribution is 2.07. The van der Waals surface area contributed by atoms with E-state index in [0.717, 1.165) is 6.29 Å². The highest BCUT2D eigenvalue weighted by molar-refractivity contribution is 5.53. The van der Waals surface area contributed by atoms with E-state index < -0.39 is 0 Å². The lowest BCUT2D eigenvalue weighted by atomic mass is 10.1. The highest BCUT2D eigenvalue weighted by Gasteiger charge is 2.14. The molecule has 0 saturated heterocycles. The van der Waals surface area contributed by atoms with Crippen LogP contribution in [0.15, 0.2) is 0 Å². The largest absolute Gasteiger partial charge is 0.353 e. The van der Waals surface area contributed by atoms with E-state index in [4.69, 9.17) is 9.47 Å². The first kappa shape index (κ1) is 11.6. The van der Waals surface area contributed by atoms with Crippen LogP contribution >= 0.6 is 0 Å². The van der Waals surface area contributed by atoms with Gasteiger partial charge >= 0.3 is 0 Å². The van der Waals surface area contributed by atoms with Gasteiger partial charge in [-0.1, -0.05) is 6.92 Å². The molecule has 0 N–H and O–H groups in total. The minimum atomic E-state index is -0.229. The SMILES string of the molecule is CCOC(C)OC(C)C(C)C=O. The van der Waals surface area contributed by atoms with Gasteiger partial charge in [-0.15, -0.1) is 0 Å². The fraction of sp³-hybridized carbons (Fsp3) is 0.889. The highest BCUT2D eigenvalue weighted by atomic mass is 16.7. The van der Waals surface area contributed by atoms with Crippen LogP contribution in [-0.2, 0) is 14.3 Å². The molecular weight excluding hydrogens is 156 g/mol. The Morgan fingerprint density at radius 3 is 2.33 bits per heavy atom. The number of carbonyl (C=O) groups is 1. The topological polar surface area (TPSA) is 35.5 Å². The van der Waals surface area contributed by atoms with Gasteiger partial charge in [0.2, 0.25) is 0 Å². The smallest absolute Gasteiger partial charge is 0.155 e. The van der Waals surface area contributed by atoms with E-state index in [1.807, 2.05) is 27.7 Å². The molecule has 0 aromatic carbocycles. The summed E-state index contributed by atoms with van der Waals surface area (Å²) in [4.78, 5) is 10.4. The van der Waals surface area contributed by atoms with E-state index >= 15 is 0 Å². The second kappa shape index (κ2) is 6.14. The summed E-state index contributed by atoms with van der Waals surface area (Å²) < 4.78 is 10.6. The number of aldehydes is 1. The molecule has 0 aromatic heterocycles. The summed E-state index contributed by atoms with van der Waals surface area (Å²) >= 11 is 0. The maximum atomic E-state index is 10.4. The summed E-state index contributed by atoms with van der Waals surface area (Å²) in [5.74, 6) is -0.0760. The lowest BCUT2D eigenvalue weighted by Crippen LogP contribution is -2.25. The van der Waals surface area contributed by atoms with Crippen LogP contribution in [-0.4, -0.2) is 25.3 Å². The molecule has 0 bridgehead atoms. The van der Waals surface area contributed by atoms with Crippen molar-refractivity contribution in [3.05, 3.63) is 0 Å². The van der Waals surface area contributed by atoms with Gasteiger partial charge in [0.15, 0.2) is 6.29 Å². The Kier molecular flexibility index (Phi) is 5.93. The van der Waals surface area contributed by atoms with Crippen molar-refractivity contribution in [3.63, 3.8) is 0 Å². The molecule has 72 valence electrons. The fourth-order valence-corrected chi connectivity index (χ4v) is 0.811. The zero-order valence-electron chi connectivity index (χ0n) is 8.24. The standard InChI is InChI=1S/C9H18O3/c1-5-11-9(4)12-8(3)7(2)6-10/h6-9H,5H2,1-4H3. The number of hydrogen-bond acceptors (Lipinski definition) is 3. The van der Waals surface area contributed by atoms with Gasteiger partial charge in [0.25, 0.3) is 0 Å². The van der Waals surface area contributed by atoms with Crippen LogP contribution in [0.5, 0.6) is 0 Å². The van der Waals surface area contributed by atoms with Crippen LogP contribution in [0.1, 0.15) is 27.7 Å². The van der Waals surface area contributed by atoms with Gasteiger partial charge < -0.3 is 14.3 Å². The molecule has 3 unspecified atom stereocenters. The molecule has 0 aliphatic heterocycles. The average molecular weight is 174 g/mol. The third kappa shape index (κ3) is 4.46. The van der Waals surface area contributed by atoms with Gasteiger partial charge in [-0.3, -0.25) is 0 Å². The van der Waals surface area contributed by atoms with E-state index in [0.29, 0.717) is 6.61 Å². The van der Waals surface area contributed by atoms with E-state index in [-0.39, 0.29) is 18.3 Å². The molecule has 0 heterocycles. The summed E-state index contributed by atoms with van der Waals surface area (Å²) in [5.41, 5.74) is 0. The van der Waals surface area contributed by atoms with Crippen LogP contribution in [0.3, 0.4) is 0 Å². The quantitative estimate of drug-likeness (QED) is 0.453. The average Bonchev–Trinajstić information content (AvgIpc) is 2.03. The predicted octanol–water partition coefficient (Wildman–Crippen LogP) is 1.61. The Balaban J connectivity index is 3.66. The Bertz CT molecular complexity index is 125. The zero-order valence-corrected chi connectivity index (χ0v) is 8.24. The van der Waals surface area contributed by atoms with Crippen LogP contribution in [0.25, 0.3) is 0 Å². The number of carbonyl (C=O) groups excluding carboxylic acids is 1. The van der Waals surface area contributed by atoms with Gasteiger partial charge in [-0.2, -0.15) is 0 Å². The molecule has 12 heavy (non-hydrogen) atoms. The van der Waals surface area contributed by atoms with E-state index in [1.54, 1.807) is 0 Å². The van der Waals surface area contributed by atoms with Crippen molar-refractivity contribution in [2.75, 3.05) is 6.61 Å².